The maximum Gasteiger partial charge on any atom is 0.148 e. The number of aliphatic hydroxyl groups is 1. The maximum absolute atomic E-state index is 13.8. The summed E-state index contributed by atoms with van der Waals surface area (Å²) in [6.07, 6.45) is 6.03. The maximum atomic E-state index is 13.8. The molecule has 1 aromatic heterocycles. The molecule has 1 atom stereocenters. The third-order valence-electron chi connectivity index (χ3n) is 5.10. The molecule has 1 spiro atoms. The number of aliphatic hydroxyl groups excluding tert-OH is 1. The number of likely N-dealkylation sites (tertiary alicyclic amines) is 1. The lowest BCUT2D eigenvalue weighted by atomic mass is 9.88. The van der Waals surface area contributed by atoms with Gasteiger partial charge < -0.3 is 9.84 Å². The first kappa shape index (κ1) is 15.7. The van der Waals surface area contributed by atoms with Crippen molar-refractivity contribution in [3.8, 4) is 5.69 Å². The fourth-order valence-electron chi connectivity index (χ4n) is 3.76. The van der Waals surface area contributed by atoms with Crippen molar-refractivity contribution in [3.63, 3.8) is 0 Å². The quantitative estimate of drug-likeness (QED) is 0.936. The Morgan fingerprint density at radius 2 is 2.08 bits per heavy atom. The summed E-state index contributed by atoms with van der Waals surface area (Å²) in [5, 5.41) is 14.0. The Morgan fingerprint density at radius 3 is 2.79 bits per heavy atom. The Kier molecular flexibility index (Phi) is 4.12. The van der Waals surface area contributed by atoms with Crippen LogP contribution in [-0.2, 0) is 11.3 Å². The van der Waals surface area contributed by atoms with Crippen LogP contribution in [0.1, 0.15) is 24.8 Å². The van der Waals surface area contributed by atoms with Gasteiger partial charge in [0.15, 0.2) is 0 Å². The van der Waals surface area contributed by atoms with Crippen molar-refractivity contribution in [3.05, 3.63) is 48.0 Å². The first-order chi connectivity index (χ1) is 11.6. The van der Waals surface area contributed by atoms with Gasteiger partial charge in [0, 0.05) is 37.8 Å². The van der Waals surface area contributed by atoms with Crippen LogP contribution in [0, 0.1) is 5.82 Å². The van der Waals surface area contributed by atoms with Crippen molar-refractivity contribution in [2.45, 2.75) is 37.5 Å². The van der Waals surface area contributed by atoms with Crippen molar-refractivity contribution >= 4 is 0 Å². The normalized spacial score (nSPS) is 23.8. The molecule has 24 heavy (non-hydrogen) atoms. The predicted molar refractivity (Wildman–Crippen MR) is 87.3 cm³/mol. The molecular formula is C18H22FN3O2. The largest absolute Gasteiger partial charge is 0.391 e. The lowest BCUT2D eigenvalue weighted by molar-refractivity contribution is -0.0456. The highest BCUT2D eigenvalue weighted by atomic mass is 19.1. The molecule has 0 amide bonds. The van der Waals surface area contributed by atoms with Crippen LogP contribution in [0.3, 0.4) is 0 Å². The molecule has 3 heterocycles. The summed E-state index contributed by atoms with van der Waals surface area (Å²) in [4.78, 5) is 2.36. The van der Waals surface area contributed by atoms with Gasteiger partial charge in [0.1, 0.15) is 11.5 Å². The molecule has 0 radical (unpaired) electrons. The van der Waals surface area contributed by atoms with Gasteiger partial charge in [-0.15, -0.1) is 0 Å². The number of hydrogen-bond donors (Lipinski definition) is 1. The average Bonchev–Trinajstić information content (AvgIpc) is 3.18. The van der Waals surface area contributed by atoms with E-state index in [1.54, 1.807) is 29.1 Å². The van der Waals surface area contributed by atoms with Crippen LogP contribution in [0.15, 0.2) is 36.7 Å². The molecule has 2 aromatic rings. The summed E-state index contributed by atoms with van der Waals surface area (Å²) in [5.74, 6) is -0.274. The number of aromatic nitrogens is 2. The fourth-order valence-corrected chi connectivity index (χ4v) is 3.76. The van der Waals surface area contributed by atoms with Gasteiger partial charge in [-0.1, -0.05) is 12.1 Å². The minimum Gasteiger partial charge on any atom is -0.391 e. The minimum absolute atomic E-state index is 0.118. The Bertz CT molecular complexity index is 710. The van der Waals surface area contributed by atoms with E-state index >= 15 is 0 Å². The second kappa shape index (κ2) is 6.27. The van der Waals surface area contributed by atoms with E-state index in [2.05, 4.69) is 10.00 Å². The summed E-state index contributed by atoms with van der Waals surface area (Å²) in [5.41, 5.74) is 1.42. The smallest absolute Gasteiger partial charge is 0.148 e. The first-order valence-electron chi connectivity index (χ1n) is 8.46. The van der Waals surface area contributed by atoms with Gasteiger partial charge in [-0.3, -0.25) is 4.90 Å². The van der Waals surface area contributed by atoms with Crippen LogP contribution in [-0.4, -0.2) is 51.2 Å². The SMILES string of the molecule is OC1COC2(CCN(Cc3cnn(-c4ccccc4F)c3)CC2)C1. The zero-order valence-corrected chi connectivity index (χ0v) is 13.6. The van der Waals surface area contributed by atoms with Gasteiger partial charge in [0.05, 0.1) is 24.5 Å². The summed E-state index contributed by atoms with van der Waals surface area (Å²) in [6.45, 7) is 3.15. The molecule has 128 valence electrons. The number of piperidine rings is 1. The van der Waals surface area contributed by atoms with Crippen molar-refractivity contribution < 1.29 is 14.2 Å². The lowest BCUT2D eigenvalue weighted by Gasteiger charge is -2.38. The second-order valence-electron chi connectivity index (χ2n) is 6.87. The predicted octanol–water partition coefficient (Wildman–Crippen LogP) is 2.13. The zero-order valence-electron chi connectivity index (χ0n) is 13.6. The summed E-state index contributed by atoms with van der Waals surface area (Å²) < 4.78 is 21.3. The van der Waals surface area contributed by atoms with E-state index in [0.29, 0.717) is 12.3 Å². The number of nitrogens with zero attached hydrogens (tertiary/aromatic N) is 3. The topological polar surface area (TPSA) is 50.5 Å². The van der Waals surface area contributed by atoms with Crippen molar-refractivity contribution in [1.82, 2.24) is 14.7 Å². The molecule has 2 saturated heterocycles. The molecule has 0 aliphatic carbocycles. The number of hydrogen-bond acceptors (Lipinski definition) is 4. The zero-order chi connectivity index (χ0) is 16.6. The average molecular weight is 331 g/mol. The van der Waals surface area contributed by atoms with Crippen LogP contribution in [0.25, 0.3) is 5.69 Å². The van der Waals surface area contributed by atoms with E-state index in [1.165, 1.54) is 6.07 Å². The molecule has 1 unspecified atom stereocenters. The number of halogens is 1. The summed E-state index contributed by atoms with van der Waals surface area (Å²) >= 11 is 0. The Balaban J connectivity index is 1.38. The van der Waals surface area contributed by atoms with E-state index in [-0.39, 0.29) is 17.5 Å². The van der Waals surface area contributed by atoms with E-state index in [0.717, 1.165) is 44.5 Å². The van der Waals surface area contributed by atoms with Gasteiger partial charge >= 0.3 is 0 Å². The first-order valence-corrected chi connectivity index (χ1v) is 8.46. The molecule has 2 fully saturated rings. The molecule has 1 N–H and O–H groups in total. The number of para-hydroxylation sites is 1. The third-order valence-corrected chi connectivity index (χ3v) is 5.10. The van der Waals surface area contributed by atoms with Gasteiger partial charge in [-0.2, -0.15) is 5.10 Å². The molecule has 4 rings (SSSR count). The Hall–Kier alpha value is -1.76. The molecule has 6 heteroatoms. The van der Waals surface area contributed by atoms with Crippen LogP contribution in [0.5, 0.6) is 0 Å². The number of benzene rings is 1. The highest BCUT2D eigenvalue weighted by Crippen LogP contribution is 2.36. The standard InChI is InChI=1S/C18H22FN3O2/c19-16-3-1-2-4-17(16)22-12-14(10-20-22)11-21-7-5-18(6-8-21)9-15(23)13-24-18/h1-4,10,12,15,23H,5-9,11,13H2. The van der Waals surface area contributed by atoms with Gasteiger partial charge in [-0.25, -0.2) is 9.07 Å². The molecule has 5 nitrogen and oxygen atoms in total. The molecular weight excluding hydrogens is 309 g/mol. The third kappa shape index (κ3) is 3.09. The van der Waals surface area contributed by atoms with E-state index in [1.807, 2.05) is 6.20 Å². The van der Waals surface area contributed by atoms with Crippen LogP contribution in [0.2, 0.25) is 0 Å². The second-order valence-corrected chi connectivity index (χ2v) is 6.87. The molecule has 0 bridgehead atoms. The Labute approximate surface area is 140 Å². The van der Waals surface area contributed by atoms with Gasteiger partial charge in [0.25, 0.3) is 0 Å². The van der Waals surface area contributed by atoms with Crippen molar-refractivity contribution in [2.75, 3.05) is 19.7 Å². The highest BCUT2D eigenvalue weighted by molar-refractivity contribution is 5.32. The van der Waals surface area contributed by atoms with Crippen LogP contribution in [0.4, 0.5) is 4.39 Å². The van der Waals surface area contributed by atoms with E-state index < -0.39 is 0 Å². The van der Waals surface area contributed by atoms with Crippen molar-refractivity contribution in [1.29, 1.82) is 0 Å². The van der Waals surface area contributed by atoms with Crippen molar-refractivity contribution in [2.24, 2.45) is 0 Å². The van der Waals surface area contributed by atoms with E-state index in [4.69, 9.17) is 4.74 Å². The summed E-state index contributed by atoms with van der Waals surface area (Å²) in [6, 6.07) is 6.64. The monoisotopic (exact) mass is 331 g/mol. The molecule has 2 aliphatic rings. The molecule has 0 saturated carbocycles. The van der Waals surface area contributed by atoms with Gasteiger partial charge in [-0.05, 0) is 25.0 Å². The lowest BCUT2D eigenvalue weighted by Crippen LogP contribution is -2.43. The number of rotatable bonds is 3. The van der Waals surface area contributed by atoms with Crippen LogP contribution >= 0.6 is 0 Å². The van der Waals surface area contributed by atoms with E-state index in [9.17, 15) is 9.50 Å². The summed E-state index contributed by atoms with van der Waals surface area (Å²) in [7, 11) is 0. The van der Waals surface area contributed by atoms with Gasteiger partial charge in [0.2, 0.25) is 0 Å². The fraction of sp³-hybridized carbons (Fsp3) is 0.500. The molecule has 2 aliphatic heterocycles. The molecule has 1 aromatic carbocycles. The van der Waals surface area contributed by atoms with Crippen LogP contribution < -0.4 is 0 Å². The Morgan fingerprint density at radius 1 is 1.29 bits per heavy atom. The highest BCUT2D eigenvalue weighted by Gasteiger charge is 2.42. The minimum atomic E-state index is -0.310. The number of ether oxygens (including phenoxy) is 1.